The van der Waals surface area contributed by atoms with Crippen molar-refractivity contribution in [3.63, 3.8) is 0 Å². The van der Waals surface area contributed by atoms with Gasteiger partial charge in [0, 0.05) is 12.4 Å². The average molecular weight is 240 g/mol. The fourth-order valence-electron chi connectivity index (χ4n) is 1.73. The summed E-state index contributed by atoms with van der Waals surface area (Å²) in [5, 5.41) is 0. The van der Waals surface area contributed by atoms with Gasteiger partial charge in [0.15, 0.2) is 11.3 Å². The topological polar surface area (TPSA) is 52.8 Å². The van der Waals surface area contributed by atoms with Gasteiger partial charge in [-0.05, 0) is 5.56 Å². The largest absolute Gasteiger partial charge is 0.356 e. The van der Waals surface area contributed by atoms with E-state index < -0.39 is 0 Å². The molecular weight excluding hydrogens is 228 g/mol. The minimum absolute atomic E-state index is 0.421. The Bertz CT molecular complexity index is 636. The summed E-state index contributed by atoms with van der Waals surface area (Å²) in [6.45, 7) is 0.991. The monoisotopic (exact) mass is 240 g/mol. The lowest BCUT2D eigenvalue weighted by molar-refractivity contribution is 0.0661. The SMILES string of the molecule is c1ccc(COCn2cnc3nccnc32)cc1. The van der Waals surface area contributed by atoms with Crippen LogP contribution in [0.3, 0.4) is 0 Å². The Labute approximate surface area is 104 Å². The molecule has 5 nitrogen and oxygen atoms in total. The molecule has 0 N–H and O–H groups in total. The van der Waals surface area contributed by atoms with Crippen LogP contribution >= 0.6 is 0 Å². The first-order valence-corrected chi connectivity index (χ1v) is 5.67. The lowest BCUT2D eigenvalue weighted by Crippen LogP contribution is -2.02. The molecule has 0 spiro atoms. The Kier molecular flexibility index (Phi) is 2.97. The Balaban J connectivity index is 1.67. The van der Waals surface area contributed by atoms with Crippen LogP contribution < -0.4 is 0 Å². The maximum Gasteiger partial charge on any atom is 0.197 e. The van der Waals surface area contributed by atoms with E-state index in [9.17, 15) is 0 Å². The minimum Gasteiger partial charge on any atom is -0.356 e. The van der Waals surface area contributed by atoms with Gasteiger partial charge in [-0.3, -0.25) is 4.57 Å². The lowest BCUT2D eigenvalue weighted by atomic mass is 10.2. The summed E-state index contributed by atoms with van der Waals surface area (Å²) in [7, 11) is 0. The number of benzene rings is 1. The van der Waals surface area contributed by atoms with Crippen LogP contribution in [-0.2, 0) is 18.1 Å². The molecule has 18 heavy (non-hydrogen) atoms. The summed E-state index contributed by atoms with van der Waals surface area (Å²) in [5.74, 6) is 0. The molecule has 2 aromatic heterocycles. The second-order valence-electron chi connectivity index (χ2n) is 3.88. The van der Waals surface area contributed by atoms with Crippen molar-refractivity contribution in [1.82, 2.24) is 19.5 Å². The van der Waals surface area contributed by atoms with E-state index in [1.807, 2.05) is 34.9 Å². The van der Waals surface area contributed by atoms with Crippen molar-refractivity contribution in [2.75, 3.05) is 0 Å². The normalized spacial score (nSPS) is 10.9. The highest BCUT2D eigenvalue weighted by atomic mass is 16.5. The molecule has 0 aliphatic carbocycles. The maximum absolute atomic E-state index is 5.63. The second kappa shape index (κ2) is 4.93. The van der Waals surface area contributed by atoms with Crippen molar-refractivity contribution < 1.29 is 4.74 Å². The molecule has 0 unspecified atom stereocenters. The minimum atomic E-state index is 0.421. The number of ether oxygens (including phenoxy) is 1. The first-order chi connectivity index (χ1) is 8.93. The van der Waals surface area contributed by atoms with E-state index in [1.165, 1.54) is 0 Å². The van der Waals surface area contributed by atoms with E-state index >= 15 is 0 Å². The number of hydrogen-bond donors (Lipinski definition) is 0. The van der Waals surface area contributed by atoms with E-state index in [2.05, 4.69) is 15.0 Å². The number of rotatable bonds is 4. The number of imidazole rings is 1. The van der Waals surface area contributed by atoms with Crippen LogP contribution in [0.5, 0.6) is 0 Å². The number of hydrogen-bond acceptors (Lipinski definition) is 4. The zero-order valence-electron chi connectivity index (χ0n) is 9.73. The zero-order chi connectivity index (χ0) is 12.2. The molecular formula is C13H12N4O. The van der Waals surface area contributed by atoms with Crippen LogP contribution in [-0.4, -0.2) is 19.5 Å². The highest BCUT2D eigenvalue weighted by Crippen LogP contribution is 2.07. The molecule has 0 aliphatic heterocycles. The van der Waals surface area contributed by atoms with Gasteiger partial charge >= 0.3 is 0 Å². The predicted octanol–water partition coefficient (Wildman–Crippen LogP) is 2.00. The molecule has 3 rings (SSSR count). The number of aromatic nitrogens is 4. The third-order valence-corrected chi connectivity index (χ3v) is 2.59. The third-order valence-electron chi connectivity index (χ3n) is 2.59. The summed E-state index contributed by atoms with van der Waals surface area (Å²) in [6, 6.07) is 10.0. The molecule has 0 saturated carbocycles. The smallest absolute Gasteiger partial charge is 0.197 e. The van der Waals surface area contributed by atoms with Crippen LogP contribution in [0.2, 0.25) is 0 Å². The van der Waals surface area contributed by atoms with Crippen LogP contribution in [0, 0.1) is 0 Å². The Hall–Kier alpha value is -2.27. The van der Waals surface area contributed by atoms with Crippen LogP contribution in [0.15, 0.2) is 49.1 Å². The van der Waals surface area contributed by atoms with Crippen molar-refractivity contribution in [3.8, 4) is 0 Å². The molecule has 0 aliphatic rings. The van der Waals surface area contributed by atoms with Gasteiger partial charge in [-0.25, -0.2) is 15.0 Å². The van der Waals surface area contributed by atoms with Crippen molar-refractivity contribution in [2.24, 2.45) is 0 Å². The third kappa shape index (κ3) is 2.21. The summed E-state index contributed by atoms with van der Waals surface area (Å²) < 4.78 is 7.47. The molecule has 3 aromatic rings. The van der Waals surface area contributed by atoms with Crippen LogP contribution in [0.1, 0.15) is 5.56 Å². The zero-order valence-corrected chi connectivity index (χ0v) is 9.73. The van der Waals surface area contributed by atoms with E-state index in [0.29, 0.717) is 19.0 Å². The second-order valence-corrected chi connectivity index (χ2v) is 3.88. The Morgan fingerprint density at radius 2 is 1.83 bits per heavy atom. The van der Waals surface area contributed by atoms with Gasteiger partial charge in [0.1, 0.15) is 13.1 Å². The van der Waals surface area contributed by atoms with Crippen molar-refractivity contribution in [3.05, 3.63) is 54.6 Å². The van der Waals surface area contributed by atoms with E-state index in [0.717, 1.165) is 11.2 Å². The predicted molar refractivity (Wildman–Crippen MR) is 66.6 cm³/mol. The molecule has 0 fully saturated rings. The number of nitrogens with zero attached hydrogens (tertiary/aromatic N) is 4. The molecule has 0 amide bonds. The maximum atomic E-state index is 5.63. The molecule has 0 atom stereocenters. The quantitative estimate of drug-likeness (QED) is 0.700. The van der Waals surface area contributed by atoms with Gasteiger partial charge in [-0.1, -0.05) is 30.3 Å². The summed E-state index contributed by atoms with van der Waals surface area (Å²) in [6.07, 6.45) is 4.97. The molecule has 2 heterocycles. The van der Waals surface area contributed by atoms with E-state index in [-0.39, 0.29) is 0 Å². The molecule has 90 valence electrons. The van der Waals surface area contributed by atoms with Crippen molar-refractivity contribution in [1.29, 1.82) is 0 Å². The molecule has 1 aromatic carbocycles. The standard InChI is InChI=1S/C13H12N4O/c1-2-4-11(5-3-1)8-18-10-17-9-16-12-13(17)15-7-6-14-12/h1-7,9H,8,10H2. The Morgan fingerprint density at radius 1 is 1.00 bits per heavy atom. The van der Waals surface area contributed by atoms with Gasteiger partial charge in [0.2, 0.25) is 0 Å². The van der Waals surface area contributed by atoms with Crippen LogP contribution in [0.25, 0.3) is 11.3 Å². The molecule has 0 radical (unpaired) electrons. The lowest BCUT2D eigenvalue weighted by Gasteiger charge is -2.05. The Morgan fingerprint density at radius 3 is 2.72 bits per heavy atom. The van der Waals surface area contributed by atoms with Gasteiger partial charge < -0.3 is 4.74 Å². The average Bonchev–Trinajstić information content (AvgIpc) is 2.84. The molecule has 0 bridgehead atoms. The van der Waals surface area contributed by atoms with Gasteiger partial charge in [-0.2, -0.15) is 0 Å². The van der Waals surface area contributed by atoms with Crippen molar-refractivity contribution >= 4 is 11.3 Å². The van der Waals surface area contributed by atoms with Gasteiger partial charge in [0.25, 0.3) is 0 Å². The molecule has 0 saturated heterocycles. The number of fused-ring (bicyclic) bond motifs is 1. The first-order valence-electron chi connectivity index (χ1n) is 5.67. The fourth-order valence-corrected chi connectivity index (χ4v) is 1.73. The van der Waals surface area contributed by atoms with Gasteiger partial charge in [0.05, 0.1) is 6.61 Å². The molecule has 5 heteroatoms. The van der Waals surface area contributed by atoms with E-state index in [1.54, 1.807) is 18.7 Å². The van der Waals surface area contributed by atoms with Gasteiger partial charge in [-0.15, -0.1) is 0 Å². The van der Waals surface area contributed by atoms with Crippen molar-refractivity contribution in [2.45, 2.75) is 13.3 Å². The first kappa shape index (κ1) is 10.9. The summed E-state index contributed by atoms with van der Waals surface area (Å²) in [5.41, 5.74) is 2.53. The fraction of sp³-hybridized carbons (Fsp3) is 0.154. The summed E-state index contributed by atoms with van der Waals surface area (Å²) in [4.78, 5) is 12.5. The highest BCUT2D eigenvalue weighted by molar-refractivity contribution is 5.64. The summed E-state index contributed by atoms with van der Waals surface area (Å²) >= 11 is 0. The van der Waals surface area contributed by atoms with Crippen LogP contribution in [0.4, 0.5) is 0 Å². The highest BCUT2D eigenvalue weighted by Gasteiger charge is 2.03. The van der Waals surface area contributed by atoms with E-state index in [4.69, 9.17) is 4.74 Å².